The number of methoxy groups -OCH3 is 1. The number of ether oxygens (including phenoxy) is 1. The van der Waals surface area contributed by atoms with E-state index in [-0.39, 0.29) is 18.0 Å². The number of nitrogens with zero attached hydrogens (tertiary/aromatic N) is 3. The highest BCUT2D eigenvalue weighted by Crippen LogP contribution is 2.45. The zero-order chi connectivity index (χ0) is 30.3. The molecule has 0 saturated carbocycles. The molecule has 0 radical (unpaired) electrons. The van der Waals surface area contributed by atoms with Crippen molar-refractivity contribution in [2.45, 2.75) is 60.5 Å². The first-order valence-corrected chi connectivity index (χ1v) is 14.6. The first-order valence-electron chi connectivity index (χ1n) is 14.2. The Hall–Kier alpha value is -4.17. The van der Waals surface area contributed by atoms with E-state index < -0.39 is 5.41 Å². The Labute approximate surface area is 253 Å². The van der Waals surface area contributed by atoms with Crippen LogP contribution in [0.3, 0.4) is 0 Å². The van der Waals surface area contributed by atoms with Gasteiger partial charge in [-0.25, -0.2) is 0 Å². The minimum atomic E-state index is -0.538. The Kier molecular flexibility index (Phi) is 7.86. The molecule has 0 unspecified atom stereocenters. The van der Waals surface area contributed by atoms with Gasteiger partial charge in [-0.3, -0.25) is 9.78 Å². The molecule has 2 aromatic heterocycles. The summed E-state index contributed by atoms with van der Waals surface area (Å²) < 4.78 is 8.07. The lowest BCUT2D eigenvalue weighted by molar-refractivity contribution is -0.123. The van der Waals surface area contributed by atoms with E-state index in [0.717, 1.165) is 34.0 Å². The number of hydrogen-bond donors (Lipinski definition) is 2. The number of amides is 1. The smallest absolute Gasteiger partial charge is 0.229 e. The molecule has 0 spiro atoms. The highest BCUT2D eigenvalue weighted by atomic mass is 32.1. The number of pyridine rings is 1. The van der Waals surface area contributed by atoms with Crippen molar-refractivity contribution in [3.8, 4) is 11.4 Å². The third-order valence-corrected chi connectivity index (χ3v) is 8.06. The molecule has 2 atom stereocenters. The van der Waals surface area contributed by atoms with Gasteiger partial charge in [-0.1, -0.05) is 32.9 Å². The van der Waals surface area contributed by atoms with Gasteiger partial charge < -0.3 is 24.8 Å². The molecule has 42 heavy (non-hydrogen) atoms. The maximum atomic E-state index is 12.7. The van der Waals surface area contributed by atoms with Crippen LogP contribution in [0, 0.1) is 33.1 Å². The van der Waals surface area contributed by atoms with Crippen molar-refractivity contribution in [3.05, 3.63) is 101 Å². The summed E-state index contributed by atoms with van der Waals surface area (Å²) in [6, 6.07) is 20.3. The minimum Gasteiger partial charge on any atom is -0.494 e. The molecule has 0 bridgehead atoms. The van der Waals surface area contributed by atoms with E-state index in [1.807, 2.05) is 63.4 Å². The van der Waals surface area contributed by atoms with Gasteiger partial charge in [0.05, 0.1) is 30.6 Å². The molecule has 7 nitrogen and oxygen atoms in total. The van der Waals surface area contributed by atoms with Gasteiger partial charge in [-0.15, -0.1) is 0 Å². The summed E-state index contributed by atoms with van der Waals surface area (Å²) in [4.78, 5) is 19.6. The number of rotatable bonds is 6. The maximum Gasteiger partial charge on any atom is 0.229 e. The average Bonchev–Trinajstić information content (AvgIpc) is 3.43. The van der Waals surface area contributed by atoms with Crippen LogP contribution in [-0.2, 0) is 4.79 Å². The predicted octanol–water partition coefficient (Wildman–Crippen LogP) is 7.28. The molecule has 0 aliphatic carbocycles. The fourth-order valence-electron chi connectivity index (χ4n) is 5.76. The third kappa shape index (κ3) is 5.51. The standard InChI is InChI=1S/C34H39N5O2S/c1-20-15-21(2)17-25(16-20)38-22(3)18-26(23(38)4)31-30(28-11-9-10-14-35-28)37-33(42)39(31)24-12-13-27(29(19-24)41-8)36-32(40)34(5,6)7/h9-19,30-31H,1-8H3,(H,36,40)(H,37,42)/t30-,31+/m1/s1. The summed E-state index contributed by atoms with van der Waals surface area (Å²) in [6.45, 7) is 14.2. The normalized spacial score (nSPS) is 16.9. The number of hydrogen-bond acceptors (Lipinski definition) is 4. The van der Waals surface area contributed by atoms with Crippen LogP contribution in [0.5, 0.6) is 5.75 Å². The lowest BCUT2D eigenvalue weighted by atomic mass is 9.95. The van der Waals surface area contributed by atoms with E-state index >= 15 is 0 Å². The van der Waals surface area contributed by atoms with Crippen molar-refractivity contribution in [2.24, 2.45) is 5.41 Å². The van der Waals surface area contributed by atoms with E-state index in [9.17, 15) is 4.79 Å². The predicted molar refractivity (Wildman–Crippen MR) is 174 cm³/mol. The molecule has 8 heteroatoms. The fourth-order valence-corrected chi connectivity index (χ4v) is 6.10. The molecule has 1 amide bonds. The molecular weight excluding hydrogens is 542 g/mol. The summed E-state index contributed by atoms with van der Waals surface area (Å²) >= 11 is 5.99. The van der Waals surface area contributed by atoms with Gasteiger partial charge in [0.1, 0.15) is 5.75 Å². The van der Waals surface area contributed by atoms with Crippen LogP contribution in [0.4, 0.5) is 11.4 Å². The molecule has 1 saturated heterocycles. The van der Waals surface area contributed by atoms with Gasteiger partial charge in [0.2, 0.25) is 5.91 Å². The molecule has 218 valence electrons. The molecule has 1 aliphatic rings. The van der Waals surface area contributed by atoms with Crippen molar-refractivity contribution in [1.29, 1.82) is 0 Å². The summed E-state index contributed by atoms with van der Waals surface area (Å²) in [7, 11) is 1.61. The summed E-state index contributed by atoms with van der Waals surface area (Å²) in [5.74, 6) is 0.479. The molecule has 5 rings (SSSR count). The van der Waals surface area contributed by atoms with Crippen LogP contribution in [0.2, 0.25) is 0 Å². The zero-order valence-electron chi connectivity index (χ0n) is 25.6. The lowest BCUT2D eigenvalue weighted by Crippen LogP contribution is -2.30. The van der Waals surface area contributed by atoms with Crippen LogP contribution < -0.4 is 20.3 Å². The van der Waals surface area contributed by atoms with Crippen LogP contribution in [0.25, 0.3) is 5.69 Å². The fraction of sp³-hybridized carbons (Fsp3) is 0.324. The van der Waals surface area contributed by atoms with Crippen molar-refractivity contribution >= 4 is 34.6 Å². The lowest BCUT2D eigenvalue weighted by Gasteiger charge is -2.29. The summed E-state index contributed by atoms with van der Waals surface area (Å²) in [5.41, 5.74) is 8.87. The molecule has 1 fully saturated rings. The number of thiocarbonyl (C=S) groups is 1. The number of carbonyl (C=O) groups excluding carboxylic acids is 1. The Morgan fingerprint density at radius 2 is 1.69 bits per heavy atom. The van der Waals surface area contributed by atoms with Crippen LogP contribution in [0.15, 0.2) is 66.9 Å². The van der Waals surface area contributed by atoms with E-state index in [0.29, 0.717) is 16.5 Å². The van der Waals surface area contributed by atoms with Crippen molar-refractivity contribution in [2.75, 3.05) is 17.3 Å². The van der Waals surface area contributed by atoms with Crippen LogP contribution in [-0.4, -0.2) is 27.7 Å². The first-order chi connectivity index (χ1) is 19.9. The number of aromatic nitrogens is 2. The number of aryl methyl sites for hydroxylation is 3. The molecular formula is C34H39N5O2S. The SMILES string of the molecule is COc1cc(N2C(=S)N[C@H](c3ccccn3)[C@@H]2c2cc(C)n(-c3cc(C)cc(C)c3)c2C)ccc1NC(=O)C(C)(C)C. The molecule has 4 aromatic rings. The topological polar surface area (TPSA) is 71.4 Å². The Morgan fingerprint density at radius 1 is 0.976 bits per heavy atom. The second-order valence-corrected chi connectivity index (χ2v) is 12.5. The summed E-state index contributed by atoms with van der Waals surface area (Å²) in [6.07, 6.45) is 1.81. The van der Waals surface area contributed by atoms with Gasteiger partial charge in [0.15, 0.2) is 5.11 Å². The largest absolute Gasteiger partial charge is 0.494 e. The summed E-state index contributed by atoms with van der Waals surface area (Å²) in [5, 5.41) is 7.17. The Bertz CT molecular complexity index is 1630. The van der Waals surface area contributed by atoms with E-state index in [2.05, 4.69) is 72.1 Å². The molecule has 2 aromatic carbocycles. The van der Waals surface area contributed by atoms with E-state index in [1.165, 1.54) is 11.1 Å². The highest BCUT2D eigenvalue weighted by molar-refractivity contribution is 7.80. The minimum absolute atomic E-state index is 0.0844. The number of anilines is 2. The quantitative estimate of drug-likeness (QED) is 0.233. The monoisotopic (exact) mass is 581 g/mol. The molecule has 1 aliphatic heterocycles. The number of benzene rings is 2. The van der Waals surface area contributed by atoms with Crippen LogP contribution >= 0.6 is 12.2 Å². The molecule has 2 N–H and O–H groups in total. The van der Waals surface area contributed by atoms with Crippen LogP contribution in [0.1, 0.15) is 66.6 Å². The zero-order valence-corrected chi connectivity index (χ0v) is 26.4. The third-order valence-electron chi connectivity index (χ3n) is 7.74. The first kappa shape index (κ1) is 29.3. The second kappa shape index (κ2) is 11.2. The van der Waals surface area contributed by atoms with E-state index in [4.69, 9.17) is 21.9 Å². The van der Waals surface area contributed by atoms with Gasteiger partial charge >= 0.3 is 0 Å². The second-order valence-electron chi connectivity index (χ2n) is 12.1. The number of carbonyl (C=O) groups is 1. The van der Waals surface area contributed by atoms with Gasteiger partial charge in [0.25, 0.3) is 0 Å². The molecule has 3 heterocycles. The Balaban J connectivity index is 1.64. The van der Waals surface area contributed by atoms with Gasteiger partial charge in [0, 0.05) is 40.4 Å². The highest BCUT2D eigenvalue weighted by Gasteiger charge is 2.42. The average molecular weight is 582 g/mol. The Morgan fingerprint density at radius 3 is 2.31 bits per heavy atom. The van der Waals surface area contributed by atoms with Gasteiger partial charge in [-0.05, 0) is 99.1 Å². The van der Waals surface area contributed by atoms with Crippen molar-refractivity contribution in [1.82, 2.24) is 14.9 Å². The van der Waals surface area contributed by atoms with Gasteiger partial charge in [-0.2, -0.15) is 0 Å². The maximum absolute atomic E-state index is 12.7. The number of nitrogens with one attached hydrogen (secondary N) is 2. The van der Waals surface area contributed by atoms with E-state index in [1.54, 1.807) is 7.11 Å². The van der Waals surface area contributed by atoms with Crippen molar-refractivity contribution < 1.29 is 9.53 Å². The van der Waals surface area contributed by atoms with Crippen molar-refractivity contribution in [3.63, 3.8) is 0 Å².